The minimum absolute atomic E-state index is 0.283. The number of hydrogen-bond acceptors (Lipinski definition) is 1. The van der Waals surface area contributed by atoms with Gasteiger partial charge in [0.05, 0.1) is 11.3 Å². The summed E-state index contributed by atoms with van der Waals surface area (Å²) < 4.78 is 68.7. The van der Waals surface area contributed by atoms with E-state index in [4.69, 9.17) is 0 Å². The molecule has 1 aromatic carbocycles. The largest absolute Gasteiger partial charge is 0.427 e. The van der Waals surface area contributed by atoms with Gasteiger partial charge in [-0.1, -0.05) is 17.9 Å². The summed E-state index contributed by atoms with van der Waals surface area (Å²) in [5.41, 5.74) is -4.89. The number of fused-ring (bicyclic) bond motifs is 1. The van der Waals surface area contributed by atoms with Crippen molar-refractivity contribution in [3.63, 3.8) is 0 Å². The van der Waals surface area contributed by atoms with Crippen LogP contribution in [0.5, 0.6) is 0 Å². The van der Waals surface area contributed by atoms with Gasteiger partial charge in [0.15, 0.2) is 11.6 Å². The lowest BCUT2D eigenvalue weighted by Gasteiger charge is -2.37. The van der Waals surface area contributed by atoms with E-state index in [1.807, 2.05) is 11.2 Å². The molecule has 0 spiro atoms. The van der Waals surface area contributed by atoms with Crippen molar-refractivity contribution in [2.75, 3.05) is 5.32 Å². The number of urea groups is 1. The van der Waals surface area contributed by atoms with Crippen LogP contribution in [0.1, 0.15) is 18.4 Å². The minimum atomic E-state index is -5.16. The van der Waals surface area contributed by atoms with Crippen LogP contribution < -0.4 is 10.6 Å². The number of carbonyl (C=O) groups excluding carboxylic acids is 1. The normalized spacial score (nSPS) is 23.1. The number of halogens is 5. The van der Waals surface area contributed by atoms with E-state index in [0.717, 1.165) is 18.9 Å². The van der Waals surface area contributed by atoms with Crippen molar-refractivity contribution in [2.24, 2.45) is 5.92 Å². The van der Waals surface area contributed by atoms with Gasteiger partial charge in [-0.15, -0.1) is 0 Å². The fourth-order valence-electron chi connectivity index (χ4n) is 2.41. The molecular formula is C16H11F5N2O. The van der Waals surface area contributed by atoms with Gasteiger partial charge >= 0.3 is 12.2 Å². The third-order valence-corrected chi connectivity index (χ3v) is 3.78. The molecule has 1 atom stereocenters. The Kier molecular flexibility index (Phi) is 3.74. The van der Waals surface area contributed by atoms with Crippen molar-refractivity contribution in [2.45, 2.75) is 24.6 Å². The Bertz CT molecular complexity index is 786. The number of benzene rings is 1. The van der Waals surface area contributed by atoms with Crippen LogP contribution in [0, 0.1) is 29.4 Å². The van der Waals surface area contributed by atoms with Crippen molar-refractivity contribution in [1.82, 2.24) is 5.32 Å². The molecule has 0 unspecified atom stereocenters. The van der Waals surface area contributed by atoms with Crippen LogP contribution in [0.2, 0.25) is 0 Å². The van der Waals surface area contributed by atoms with Crippen LogP contribution in [0.15, 0.2) is 24.3 Å². The number of hydrogen-bond donors (Lipinski definition) is 2. The summed E-state index contributed by atoms with van der Waals surface area (Å²) in [4.78, 5) is 11.6. The second kappa shape index (κ2) is 5.51. The summed E-state index contributed by atoms with van der Waals surface area (Å²) >= 11 is 0. The van der Waals surface area contributed by atoms with Crippen molar-refractivity contribution in [3.05, 3.63) is 41.5 Å². The maximum atomic E-state index is 14.1. The molecular weight excluding hydrogens is 331 g/mol. The monoisotopic (exact) mass is 342 g/mol. The van der Waals surface area contributed by atoms with Crippen LogP contribution in [0.4, 0.5) is 32.4 Å². The molecule has 0 aromatic heterocycles. The Hall–Kier alpha value is -2.56. The number of alkyl halides is 3. The topological polar surface area (TPSA) is 41.1 Å². The molecule has 1 aliphatic carbocycles. The molecule has 1 aliphatic heterocycles. The Morgan fingerprint density at radius 1 is 1.25 bits per heavy atom. The first kappa shape index (κ1) is 16.3. The van der Waals surface area contributed by atoms with Gasteiger partial charge in [0.2, 0.25) is 5.54 Å². The number of rotatable bonds is 1. The Morgan fingerprint density at radius 3 is 2.58 bits per heavy atom. The second-order valence-electron chi connectivity index (χ2n) is 5.58. The first-order valence-corrected chi connectivity index (χ1v) is 7.08. The summed E-state index contributed by atoms with van der Waals surface area (Å²) in [7, 11) is 0. The van der Waals surface area contributed by atoms with Gasteiger partial charge in [-0.25, -0.2) is 13.6 Å². The zero-order chi connectivity index (χ0) is 17.5. The third kappa shape index (κ3) is 2.70. The van der Waals surface area contributed by atoms with E-state index in [1.165, 1.54) is 6.08 Å². The highest BCUT2D eigenvalue weighted by atomic mass is 19.4. The summed E-state index contributed by atoms with van der Waals surface area (Å²) in [6.45, 7) is 0. The van der Waals surface area contributed by atoms with Crippen molar-refractivity contribution >= 4 is 11.7 Å². The fourth-order valence-corrected chi connectivity index (χ4v) is 2.41. The van der Waals surface area contributed by atoms with E-state index in [0.29, 0.717) is 6.07 Å². The number of carbonyl (C=O) groups is 1. The van der Waals surface area contributed by atoms with Gasteiger partial charge in [-0.05, 0) is 37.0 Å². The lowest BCUT2D eigenvalue weighted by Crippen LogP contribution is -2.59. The molecule has 3 nitrogen and oxygen atoms in total. The number of amides is 2. The van der Waals surface area contributed by atoms with Gasteiger partial charge < -0.3 is 10.6 Å². The maximum Gasteiger partial charge on any atom is 0.427 e. The first-order chi connectivity index (χ1) is 11.2. The van der Waals surface area contributed by atoms with Gasteiger partial charge in [-0.2, -0.15) is 13.2 Å². The average Bonchev–Trinajstić information content (AvgIpc) is 3.30. The number of anilines is 1. The highest BCUT2D eigenvalue weighted by Crippen LogP contribution is 2.45. The molecule has 1 heterocycles. The van der Waals surface area contributed by atoms with E-state index in [-0.39, 0.29) is 5.92 Å². The standard InChI is InChI=1S/C16H11F5N2O/c17-10-6-7-11-12(13(10)18)15(16(19,20)21,23-14(24)22-11)8-2-1-3-9-4-5-9/h1,3,6-7,9H,4-5H2,(H2,22,23,24)/b3-1+/t15-/m0/s1. The second-order valence-corrected chi connectivity index (χ2v) is 5.58. The molecule has 3 rings (SSSR count). The van der Waals surface area contributed by atoms with E-state index in [9.17, 15) is 26.7 Å². The highest BCUT2D eigenvalue weighted by molar-refractivity contribution is 5.94. The zero-order valence-corrected chi connectivity index (χ0v) is 12.1. The fraction of sp³-hybridized carbons (Fsp3) is 0.312. The first-order valence-electron chi connectivity index (χ1n) is 7.08. The molecule has 2 amide bonds. The summed E-state index contributed by atoms with van der Waals surface area (Å²) in [6, 6.07) is 0.307. The molecule has 0 bridgehead atoms. The lowest BCUT2D eigenvalue weighted by molar-refractivity contribution is -0.179. The third-order valence-electron chi connectivity index (χ3n) is 3.78. The van der Waals surface area contributed by atoms with Crippen molar-refractivity contribution < 1.29 is 26.7 Å². The molecule has 0 radical (unpaired) electrons. The van der Waals surface area contributed by atoms with E-state index >= 15 is 0 Å². The highest BCUT2D eigenvalue weighted by Gasteiger charge is 2.60. The molecule has 1 saturated carbocycles. The van der Waals surface area contributed by atoms with Crippen LogP contribution in [0.25, 0.3) is 0 Å². The Morgan fingerprint density at radius 2 is 1.96 bits per heavy atom. The number of nitrogens with one attached hydrogen (secondary N) is 2. The van der Waals surface area contributed by atoms with E-state index < -0.39 is 40.6 Å². The minimum Gasteiger partial charge on any atom is -0.310 e. The van der Waals surface area contributed by atoms with Gasteiger partial charge in [0.1, 0.15) is 0 Å². The van der Waals surface area contributed by atoms with Gasteiger partial charge in [-0.3, -0.25) is 0 Å². The molecule has 2 N–H and O–H groups in total. The molecule has 2 aliphatic rings. The van der Waals surface area contributed by atoms with E-state index in [1.54, 1.807) is 11.4 Å². The number of allylic oxidation sites excluding steroid dienone is 2. The van der Waals surface area contributed by atoms with E-state index in [2.05, 4.69) is 5.92 Å². The molecule has 0 saturated heterocycles. The Balaban J connectivity index is 2.18. The smallest absolute Gasteiger partial charge is 0.310 e. The predicted octanol–water partition coefficient (Wildman–Crippen LogP) is 3.83. The van der Waals surface area contributed by atoms with Crippen LogP contribution in [-0.4, -0.2) is 12.2 Å². The van der Waals surface area contributed by atoms with Crippen LogP contribution >= 0.6 is 0 Å². The van der Waals surface area contributed by atoms with Crippen molar-refractivity contribution in [3.8, 4) is 11.8 Å². The summed E-state index contributed by atoms with van der Waals surface area (Å²) in [6.07, 6.45) is -0.411. The molecule has 1 aromatic rings. The lowest BCUT2D eigenvalue weighted by atomic mass is 9.86. The van der Waals surface area contributed by atoms with Gasteiger partial charge in [0.25, 0.3) is 0 Å². The molecule has 8 heteroatoms. The zero-order valence-electron chi connectivity index (χ0n) is 12.1. The maximum absolute atomic E-state index is 14.1. The molecule has 126 valence electrons. The quantitative estimate of drug-likeness (QED) is 0.591. The predicted molar refractivity (Wildman–Crippen MR) is 75.9 cm³/mol. The molecule has 1 fully saturated rings. The summed E-state index contributed by atoms with van der Waals surface area (Å²) in [5, 5.41) is 3.64. The average molecular weight is 342 g/mol. The van der Waals surface area contributed by atoms with Crippen LogP contribution in [-0.2, 0) is 5.54 Å². The molecule has 24 heavy (non-hydrogen) atoms. The SMILES string of the molecule is O=C1Nc2ccc(F)c(F)c2[C@@](C#C/C=C/C2CC2)(C(F)(F)F)N1. The summed E-state index contributed by atoms with van der Waals surface area (Å²) in [5.74, 6) is 1.18. The Labute approximate surface area is 133 Å². The van der Waals surface area contributed by atoms with Gasteiger partial charge in [0, 0.05) is 0 Å². The van der Waals surface area contributed by atoms with Crippen molar-refractivity contribution in [1.29, 1.82) is 0 Å². The van der Waals surface area contributed by atoms with Crippen LogP contribution in [0.3, 0.4) is 0 Å².